The number of methoxy groups -OCH3 is 1. The van der Waals surface area contributed by atoms with Gasteiger partial charge in [-0.25, -0.2) is 17.1 Å². The van der Waals surface area contributed by atoms with E-state index in [0.29, 0.717) is 10.1 Å². The van der Waals surface area contributed by atoms with Crippen LogP contribution < -0.4 is 9.04 Å². The van der Waals surface area contributed by atoms with Crippen LogP contribution in [0, 0.1) is 11.7 Å². The largest absolute Gasteiger partial charge is 0.494 e. The molecule has 30 heavy (non-hydrogen) atoms. The first kappa shape index (κ1) is 21.8. The van der Waals surface area contributed by atoms with Gasteiger partial charge in [-0.2, -0.15) is 0 Å². The fourth-order valence-electron chi connectivity index (χ4n) is 3.40. The molecule has 0 spiro atoms. The standard InChI is InChI=1S/C20H23FN2O6S/c1-3-9-30(26,27)23(15-6-7-18(28-2)17(21)11-15)20(25)14-10-19(24)22(12-14)13-16-5-4-8-29-16/h4-8,11,14H,3,9-10,12-13H2,1-2H3. The molecule has 3 rings (SSSR count). The zero-order chi connectivity index (χ0) is 21.9. The average molecular weight is 438 g/mol. The van der Waals surface area contributed by atoms with Gasteiger partial charge in [0, 0.05) is 19.0 Å². The van der Waals surface area contributed by atoms with E-state index >= 15 is 0 Å². The van der Waals surface area contributed by atoms with Crippen molar-refractivity contribution in [1.29, 1.82) is 0 Å². The van der Waals surface area contributed by atoms with Crippen molar-refractivity contribution in [2.75, 3.05) is 23.7 Å². The maximum atomic E-state index is 14.2. The third kappa shape index (κ3) is 4.48. The van der Waals surface area contributed by atoms with Crippen molar-refractivity contribution in [2.45, 2.75) is 26.3 Å². The minimum Gasteiger partial charge on any atom is -0.494 e. The molecule has 2 heterocycles. The number of halogens is 1. The fraction of sp³-hybridized carbons (Fsp3) is 0.400. The number of hydrogen-bond donors (Lipinski definition) is 0. The zero-order valence-electron chi connectivity index (χ0n) is 16.7. The van der Waals surface area contributed by atoms with Gasteiger partial charge in [0.05, 0.1) is 37.3 Å². The number of likely N-dealkylation sites (tertiary alicyclic amines) is 1. The number of carbonyl (C=O) groups is 2. The minimum absolute atomic E-state index is 0.0507. The second-order valence-corrected chi connectivity index (χ2v) is 8.93. The monoisotopic (exact) mass is 438 g/mol. The van der Waals surface area contributed by atoms with Crippen molar-refractivity contribution in [2.24, 2.45) is 5.92 Å². The zero-order valence-corrected chi connectivity index (χ0v) is 17.5. The van der Waals surface area contributed by atoms with Gasteiger partial charge < -0.3 is 14.1 Å². The molecule has 1 aliphatic heterocycles. The molecule has 1 aromatic heterocycles. The van der Waals surface area contributed by atoms with E-state index in [1.807, 2.05) is 0 Å². The molecule has 8 nitrogen and oxygen atoms in total. The lowest BCUT2D eigenvalue weighted by Gasteiger charge is -2.25. The fourth-order valence-corrected chi connectivity index (χ4v) is 4.96. The Labute approximate surface area is 174 Å². The van der Waals surface area contributed by atoms with Gasteiger partial charge in [0.2, 0.25) is 21.8 Å². The molecule has 1 aromatic carbocycles. The number of sulfonamides is 1. The van der Waals surface area contributed by atoms with Gasteiger partial charge in [-0.05, 0) is 30.7 Å². The number of hydrogen-bond acceptors (Lipinski definition) is 6. The second kappa shape index (κ2) is 8.86. The van der Waals surface area contributed by atoms with E-state index in [1.54, 1.807) is 19.1 Å². The predicted octanol–water partition coefficient (Wildman–Crippen LogP) is 2.55. The molecule has 2 amide bonds. The number of carbonyl (C=O) groups excluding carboxylic acids is 2. The van der Waals surface area contributed by atoms with Crippen LogP contribution in [0.2, 0.25) is 0 Å². The molecular weight excluding hydrogens is 415 g/mol. The van der Waals surface area contributed by atoms with Crippen molar-refractivity contribution in [1.82, 2.24) is 4.90 Å². The second-order valence-electron chi connectivity index (χ2n) is 6.99. The van der Waals surface area contributed by atoms with E-state index < -0.39 is 27.7 Å². The van der Waals surface area contributed by atoms with Crippen LogP contribution in [0.15, 0.2) is 41.0 Å². The molecular formula is C20H23FN2O6S. The third-order valence-corrected chi connectivity index (χ3v) is 6.67. The Morgan fingerprint density at radius 2 is 2.13 bits per heavy atom. The number of benzene rings is 1. The molecule has 2 aromatic rings. The number of ether oxygens (including phenoxy) is 1. The average Bonchev–Trinajstić information content (AvgIpc) is 3.32. The topological polar surface area (TPSA) is 97.1 Å². The molecule has 10 heteroatoms. The van der Waals surface area contributed by atoms with Crippen LogP contribution in [0.5, 0.6) is 5.75 Å². The highest BCUT2D eigenvalue weighted by atomic mass is 32.2. The number of anilines is 1. The molecule has 0 radical (unpaired) electrons. The van der Waals surface area contributed by atoms with E-state index in [-0.39, 0.29) is 49.0 Å². The Hall–Kier alpha value is -2.88. The molecule has 1 aliphatic rings. The number of furan rings is 1. The summed E-state index contributed by atoms with van der Waals surface area (Å²) in [7, 11) is -2.77. The van der Waals surface area contributed by atoms with E-state index in [9.17, 15) is 22.4 Å². The SMILES string of the molecule is CCCS(=O)(=O)N(C(=O)C1CC(=O)N(Cc2ccco2)C1)c1ccc(OC)c(F)c1. The number of nitrogens with zero attached hydrogens (tertiary/aromatic N) is 2. The van der Waals surface area contributed by atoms with Gasteiger partial charge in [0.15, 0.2) is 11.6 Å². The molecule has 1 saturated heterocycles. The number of amides is 2. The van der Waals surface area contributed by atoms with Gasteiger partial charge in [0.1, 0.15) is 5.76 Å². The molecule has 1 unspecified atom stereocenters. The Morgan fingerprint density at radius 3 is 2.73 bits per heavy atom. The van der Waals surface area contributed by atoms with Crippen molar-refractivity contribution in [3.63, 3.8) is 0 Å². The van der Waals surface area contributed by atoms with Gasteiger partial charge in [-0.1, -0.05) is 6.92 Å². The molecule has 0 aliphatic carbocycles. The van der Waals surface area contributed by atoms with Crippen molar-refractivity contribution < 1.29 is 31.6 Å². The quantitative estimate of drug-likeness (QED) is 0.628. The van der Waals surface area contributed by atoms with E-state index in [1.165, 1.54) is 30.4 Å². The first-order chi connectivity index (χ1) is 14.3. The van der Waals surface area contributed by atoms with Gasteiger partial charge in [-0.3, -0.25) is 9.59 Å². The summed E-state index contributed by atoms with van der Waals surface area (Å²) in [6.07, 6.45) is 1.63. The Kier molecular flexibility index (Phi) is 6.45. The summed E-state index contributed by atoms with van der Waals surface area (Å²) in [5.74, 6) is -2.50. The normalized spacial score (nSPS) is 16.7. The molecule has 1 fully saturated rings. The summed E-state index contributed by atoms with van der Waals surface area (Å²) < 4.78 is 50.7. The first-order valence-electron chi connectivity index (χ1n) is 9.47. The van der Waals surface area contributed by atoms with Crippen molar-refractivity contribution in [3.05, 3.63) is 48.2 Å². The lowest BCUT2D eigenvalue weighted by molar-refractivity contribution is -0.129. The summed E-state index contributed by atoms with van der Waals surface area (Å²) in [5, 5.41) is 0. The summed E-state index contributed by atoms with van der Waals surface area (Å²) >= 11 is 0. The van der Waals surface area contributed by atoms with E-state index in [0.717, 1.165) is 6.07 Å². The van der Waals surface area contributed by atoms with Crippen LogP contribution in [0.3, 0.4) is 0 Å². The van der Waals surface area contributed by atoms with Gasteiger partial charge >= 0.3 is 0 Å². The lowest BCUT2D eigenvalue weighted by atomic mass is 10.1. The van der Waals surface area contributed by atoms with Crippen LogP contribution in [-0.4, -0.2) is 44.5 Å². The Bertz CT molecular complexity index is 1020. The van der Waals surface area contributed by atoms with Crippen LogP contribution >= 0.6 is 0 Å². The molecule has 1 atom stereocenters. The Balaban J connectivity index is 1.89. The molecule has 0 saturated carbocycles. The van der Waals surface area contributed by atoms with Crippen LogP contribution in [-0.2, 0) is 26.2 Å². The summed E-state index contributed by atoms with van der Waals surface area (Å²) in [6.45, 7) is 1.91. The maximum absolute atomic E-state index is 14.2. The first-order valence-corrected chi connectivity index (χ1v) is 11.1. The highest BCUT2D eigenvalue weighted by Gasteiger charge is 2.41. The number of rotatable bonds is 8. The maximum Gasteiger partial charge on any atom is 0.246 e. The summed E-state index contributed by atoms with van der Waals surface area (Å²) in [5.41, 5.74) is -0.122. The predicted molar refractivity (Wildman–Crippen MR) is 107 cm³/mol. The van der Waals surface area contributed by atoms with E-state index in [4.69, 9.17) is 9.15 Å². The summed E-state index contributed by atoms with van der Waals surface area (Å²) in [4.78, 5) is 27.0. The van der Waals surface area contributed by atoms with Crippen molar-refractivity contribution >= 4 is 27.5 Å². The van der Waals surface area contributed by atoms with E-state index in [2.05, 4.69) is 0 Å². The molecule has 0 N–H and O–H groups in total. The molecule has 162 valence electrons. The smallest absolute Gasteiger partial charge is 0.246 e. The molecule has 0 bridgehead atoms. The lowest BCUT2D eigenvalue weighted by Crippen LogP contribution is -2.43. The van der Waals surface area contributed by atoms with Gasteiger partial charge in [0.25, 0.3) is 0 Å². The highest BCUT2D eigenvalue weighted by molar-refractivity contribution is 7.93. The minimum atomic E-state index is -4.06. The van der Waals surface area contributed by atoms with Gasteiger partial charge in [-0.15, -0.1) is 0 Å². The van der Waals surface area contributed by atoms with Crippen LogP contribution in [0.25, 0.3) is 0 Å². The van der Waals surface area contributed by atoms with Crippen LogP contribution in [0.4, 0.5) is 10.1 Å². The third-order valence-electron chi connectivity index (χ3n) is 4.80. The Morgan fingerprint density at radius 1 is 1.37 bits per heavy atom. The summed E-state index contributed by atoms with van der Waals surface area (Å²) in [6, 6.07) is 6.91. The highest BCUT2D eigenvalue weighted by Crippen LogP contribution is 2.30. The van der Waals surface area contributed by atoms with Crippen molar-refractivity contribution in [3.8, 4) is 5.75 Å². The van der Waals surface area contributed by atoms with Crippen LogP contribution in [0.1, 0.15) is 25.5 Å².